The summed E-state index contributed by atoms with van der Waals surface area (Å²) in [5, 5.41) is 3.27. The molecule has 0 aliphatic rings. The van der Waals surface area contributed by atoms with Gasteiger partial charge in [0.1, 0.15) is 11.9 Å². The van der Waals surface area contributed by atoms with E-state index < -0.39 is 0 Å². The molecule has 0 bridgehead atoms. The van der Waals surface area contributed by atoms with Crippen molar-refractivity contribution in [3.05, 3.63) is 18.2 Å². The number of hydrogen-bond acceptors (Lipinski definition) is 5. The number of hydrogen-bond donors (Lipinski definition) is 1. The van der Waals surface area contributed by atoms with E-state index in [2.05, 4.69) is 15.2 Å². The molecule has 1 aromatic heterocycles. The molecular formula is C15H28N4O2. The van der Waals surface area contributed by atoms with Crippen LogP contribution in [0.4, 0.5) is 0 Å². The highest BCUT2D eigenvalue weighted by molar-refractivity contribution is 5.75. The smallest absolute Gasteiger partial charge is 0.323 e. The summed E-state index contributed by atoms with van der Waals surface area (Å²) in [6.45, 7) is 7.88. The van der Waals surface area contributed by atoms with Gasteiger partial charge in [0.15, 0.2) is 0 Å². The number of ether oxygens (including phenoxy) is 1. The van der Waals surface area contributed by atoms with Gasteiger partial charge < -0.3 is 14.6 Å². The van der Waals surface area contributed by atoms with E-state index in [1.807, 2.05) is 45.6 Å². The number of nitrogens with zero attached hydrogens (tertiary/aromatic N) is 3. The van der Waals surface area contributed by atoms with Crippen molar-refractivity contribution in [2.75, 3.05) is 20.2 Å². The molecule has 0 aromatic carbocycles. The molecule has 1 rings (SSSR count). The van der Waals surface area contributed by atoms with Gasteiger partial charge in [-0.1, -0.05) is 13.8 Å². The summed E-state index contributed by atoms with van der Waals surface area (Å²) in [6, 6.07) is -0.00646. The molecule has 0 saturated heterocycles. The van der Waals surface area contributed by atoms with Crippen LogP contribution in [0.5, 0.6) is 0 Å². The molecule has 0 aliphatic heterocycles. The Bertz CT molecular complexity index is 431. The first-order chi connectivity index (χ1) is 9.93. The Hall–Kier alpha value is -1.40. The standard InChI is InChI=1S/C15H28N4O2/c1-6-21-15(20)13(17-12(2)3)7-9-18(4)11-14-16-8-10-19(14)5/h8,10,12-13,17H,6-7,9,11H2,1-5H3. The fourth-order valence-electron chi connectivity index (χ4n) is 2.13. The maximum atomic E-state index is 11.9. The summed E-state index contributed by atoms with van der Waals surface area (Å²) in [5.41, 5.74) is 0. The third kappa shape index (κ3) is 6.27. The molecule has 6 nitrogen and oxygen atoms in total. The number of aryl methyl sites for hydroxylation is 1. The lowest BCUT2D eigenvalue weighted by molar-refractivity contribution is -0.146. The van der Waals surface area contributed by atoms with Crippen LogP contribution in [0.15, 0.2) is 12.4 Å². The van der Waals surface area contributed by atoms with Gasteiger partial charge in [0, 0.05) is 32.0 Å². The van der Waals surface area contributed by atoms with Crippen molar-refractivity contribution in [3.63, 3.8) is 0 Å². The van der Waals surface area contributed by atoms with E-state index in [-0.39, 0.29) is 18.1 Å². The molecule has 1 heterocycles. The minimum absolute atomic E-state index is 0.170. The summed E-state index contributed by atoms with van der Waals surface area (Å²) in [5.74, 6) is 0.846. The van der Waals surface area contributed by atoms with Gasteiger partial charge in [-0.15, -0.1) is 0 Å². The molecule has 21 heavy (non-hydrogen) atoms. The van der Waals surface area contributed by atoms with E-state index in [9.17, 15) is 4.79 Å². The van der Waals surface area contributed by atoms with Gasteiger partial charge in [-0.05, 0) is 20.4 Å². The van der Waals surface area contributed by atoms with Crippen molar-refractivity contribution >= 4 is 5.97 Å². The minimum Gasteiger partial charge on any atom is -0.465 e. The molecule has 1 N–H and O–H groups in total. The average Bonchev–Trinajstić information content (AvgIpc) is 2.80. The number of carbonyl (C=O) groups is 1. The van der Waals surface area contributed by atoms with Gasteiger partial charge in [-0.2, -0.15) is 0 Å². The molecule has 120 valence electrons. The monoisotopic (exact) mass is 296 g/mol. The second-order valence-electron chi connectivity index (χ2n) is 5.61. The van der Waals surface area contributed by atoms with Gasteiger partial charge in [0.25, 0.3) is 0 Å². The Morgan fingerprint density at radius 1 is 1.52 bits per heavy atom. The molecule has 1 unspecified atom stereocenters. The number of nitrogens with one attached hydrogen (secondary N) is 1. The molecule has 0 amide bonds. The van der Waals surface area contributed by atoms with Crippen LogP contribution in [-0.2, 0) is 23.1 Å². The first kappa shape index (κ1) is 17.7. The van der Waals surface area contributed by atoms with Gasteiger partial charge in [0.05, 0.1) is 13.2 Å². The van der Waals surface area contributed by atoms with E-state index in [4.69, 9.17) is 4.74 Å². The molecule has 6 heteroatoms. The summed E-state index contributed by atoms with van der Waals surface area (Å²) in [7, 11) is 4.02. The van der Waals surface area contributed by atoms with Gasteiger partial charge >= 0.3 is 5.97 Å². The van der Waals surface area contributed by atoms with E-state index in [1.165, 1.54) is 0 Å². The minimum atomic E-state index is -0.256. The number of imidazole rings is 1. The summed E-state index contributed by atoms with van der Waals surface area (Å²) in [6.07, 6.45) is 4.45. The highest BCUT2D eigenvalue weighted by Gasteiger charge is 2.20. The fraction of sp³-hybridized carbons (Fsp3) is 0.733. The number of carbonyl (C=O) groups excluding carboxylic acids is 1. The second kappa shape index (κ2) is 8.79. The SMILES string of the molecule is CCOC(=O)C(CCN(C)Cc1nccn1C)NC(C)C. The van der Waals surface area contributed by atoms with Crippen LogP contribution in [-0.4, -0.2) is 52.7 Å². The normalized spacial score (nSPS) is 12.9. The molecule has 0 aliphatic carbocycles. The topological polar surface area (TPSA) is 59.4 Å². The van der Waals surface area contributed by atoms with E-state index in [0.717, 1.165) is 25.3 Å². The van der Waals surface area contributed by atoms with Crippen LogP contribution in [0, 0.1) is 0 Å². The number of esters is 1. The van der Waals surface area contributed by atoms with Crippen LogP contribution in [0.1, 0.15) is 33.0 Å². The molecule has 0 radical (unpaired) electrons. The van der Waals surface area contributed by atoms with Gasteiger partial charge in [-0.3, -0.25) is 9.69 Å². The first-order valence-corrected chi connectivity index (χ1v) is 7.51. The van der Waals surface area contributed by atoms with Crippen LogP contribution < -0.4 is 5.32 Å². The van der Waals surface area contributed by atoms with Crippen molar-refractivity contribution in [2.24, 2.45) is 7.05 Å². The molecule has 1 atom stereocenters. The van der Waals surface area contributed by atoms with E-state index in [1.54, 1.807) is 6.20 Å². The Balaban J connectivity index is 2.47. The lowest BCUT2D eigenvalue weighted by atomic mass is 10.1. The largest absolute Gasteiger partial charge is 0.465 e. The summed E-state index contributed by atoms with van der Waals surface area (Å²) < 4.78 is 7.13. The molecule has 0 fully saturated rings. The highest BCUT2D eigenvalue weighted by atomic mass is 16.5. The second-order valence-corrected chi connectivity index (χ2v) is 5.61. The van der Waals surface area contributed by atoms with Crippen LogP contribution in [0.2, 0.25) is 0 Å². The Morgan fingerprint density at radius 3 is 2.76 bits per heavy atom. The summed E-state index contributed by atoms with van der Waals surface area (Å²) in [4.78, 5) is 18.4. The third-order valence-corrected chi connectivity index (χ3v) is 3.24. The average molecular weight is 296 g/mol. The highest BCUT2D eigenvalue weighted by Crippen LogP contribution is 2.04. The maximum absolute atomic E-state index is 11.9. The molecule has 0 spiro atoms. The molecule has 1 aromatic rings. The number of aromatic nitrogens is 2. The van der Waals surface area contributed by atoms with Crippen molar-refractivity contribution < 1.29 is 9.53 Å². The molecule has 0 saturated carbocycles. The van der Waals surface area contributed by atoms with Crippen LogP contribution >= 0.6 is 0 Å². The lowest BCUT2D eigenvalue weighted by Gasteiger charge is -2.23. The van der Waals surface area contributed by atoms with Crippen molar-refractivity contribution in [3.8, 4) is 0 Å². The predicted octanol–water partition coefficient (Wildman–Crippen LogP) is 1.17. The Labute approximate surface area is 127 Å². The van der Waals surface area contributed by atoms with E-state index >= 15 is 0 Å². The quantitative estimate of drug-likeness (QED) is 0.693. The zero-order chi connectivity index (χ0) is 15.8. The van der Waals surface area contributed by atoms with Gasteiger partial charge in [-0.25, -0.2) is 4.98 Å². The zero-order valence-corrected chi connectivity index (χ0v) is 13.8. The Morgan fingerprint density at radius 2 is 2.24 bits per heavy atom. The predicted molar refractivity (Wildman–Crippen MR) is 82.9 cm³/mol. The Kier molecular flexibility index (Phi) is 7.39. The first-order valence-electron chi connectivity index (χ1n) is 7.51. The molecular weight excluding hydrogens is 268 g/mol. The van der Waals surface area contributed by atoms with Crippen molar-refractivity contribution in [1.29, 1.82) is 0 Å². The van der Waals surface area contributed by atoms with Crippen LogP contribution in [0.3, 0.4) is 0 Å². The fourth-order valence-corrected chi connectivity index (χ4v) is 2.13. The third-order valence-electron chi connectivity index (χ3n) is 3.24. The number of rotatable bonds is 9. The zero-order valence-electron chi connectivity index (χ0n) is 13.8. The van der Waals surface area contributed by atoms with Crippen molar-refractivity contribution in [2.45, 2.75) is 45.8 Å². The van der Waals surface area contributed by atoms with Crippen molar-refractivity contribution in [1.82, 2.24) is 19.8 Å². The van der Waals surface area contributed by atoms with Gasteiger partial charge in [0.2, 0.25) is 0 Å². The van der Waals surface area contributed by atoms with E-state index in [0.29, 0.717) is 6.61 Å². The lowest BCUT2D eigenvalue weighted by Crippen LogP contribution is -2.43. The summed E-state index contributed by atoms with van der Waals surface area (Å²) >= 11 is 0. The maximum Gasteiger partial charge on any atom is 0.323 e. The van der Waals surface area contributed by atoms with Crippen LogP contribution in [0.25, 0.3) is 0 Å².